The molecule has 5 nitrogen and oxygen atoms in total. The molecule has 0 aliphatic carbocycles. The van der Waals surface area contributed by atoms with Crippen LogP contribution >= 0.6 is 11.3 Å². The van der Waals surface area contributed by atoms with Crippen molar-refractivity contribution in [3.05, 3.63) is 40.9 Å². The molecule has 1 unspecified atom stereocenters. The van der Waals surface area contributed by atoms with Crippen molar-refractivity contribution < 1.29 is 14.7 Å². The van der Waals surface area contributed by atoms with Gasteiger partial charge in [0.25, 0.3) is 0 Å². The third-order valence-corrected chi connectivity index (χ3v) is 4.42. The Morgan fingerprint density at radius 3 is 2.77 bits per heavy atom. The number of thiazole rings is 1. The summed E-state index contributed by atoms with van der Waals surface area (Å²) in [4.78, 5) is 28.7. The van der Waals surface area contributed by atoms with Gasteiger partial charge in [-0.05, 0) is 19.9 Å². The van der Waals surface area contributed by atoms with Crippen LogP contribution in [0, 0.1) is 6.92 Å². The Morgan fingerprint density at radius 1 is 1.41 bits per heavy atom. The van der Waals surface area contributed by atoms with E-state index < -0.39 is 12.0 Å². The van der Waals surface area contributed by atoms with Crippen LogP contribution in [0.4, 0.5) is 0 Å². The number of likely N-dealkylation sites (N-methyl/N-ethyl adjacent to an activating group) is 1. The van der Waals surface area contributed by atoms with E-state index in [4.69, 9.17) is 5.11 Å². The second kappa shape index (κ2) is 6.70. The van der Waals surface area contributed by atoms with Crippen molar-refractivity contribution in [1.29, 1.82) is 0 Å². The summed E-state index contributed by atoms with van der Waals surface area (Å²) in [5.74, 6) is -1.27. The Balaban J connectivity index is 2.09. The average molecular weight is 318 g/mol. The van der Waals surface area contributed by atoms with Gasteiger partial charge < -0.3 is 10.0 Å². The van der Waals surface area contributed by atoms with Crippen molar-refractivity contribution in [2.45, 2.75) is 26.3 Å². The highest BCUT2D eigenvalue weighted by Crippen LogP contribution is 2.24. The number of amides is 1. The molecule has 0 saturated heterocycles. The van der Waals surface area contributed by atoms with E-state index in [0.29, 0.717) is 5.69 Å². The summed E-state index contributed by atoms with van der Waals surface area (Å²) in [6, 6.07) is 7.17. The molecule has 1 heterocycles. The highest BCUT2D eigenvalue weighted by Gasteiger charge is 2.22. The van der Waals surface area contributed by atoms with Gasteiger partial charge in [0.05, 0.1) is 12.1 Å². The maximum Gasteiger partial charge on any atom is 0.326 e. The van der Waals surface area contributed by atoms with Crippen LogP contribution in [0.3, 0.4) is 0 Å². The number of nitrogens with zero attached hydrogens (tertiary/aromatic N) is 2. The summed E-state index contributed by atoms with van der Waals surface area (Å²) < 4.78 is 0. The Labute approximate surface area is 133 Å². The van der Waals surface area contributed by atoms with Crippen molar-refractivity contribution in [3.8, 4) is 10.6 Å². The molecule has 1 aromatic carbocycles. The van der Waals surface area contributed by atoms with E-state index in [1.54, 1.807) is 0 Å². The standard InChI is InChI=1S/C16H18N2O3S/c1-10-5-4-6-12(7-10)15-17-13(9-22-15)8-14(19)18(3)11(2)16(20)21/h4-7,9,11H,8H2,1-3H3,(H,20,21). The lowest BCUT2D eigenvalue weighted by molar-refractivity contribution is -0.148. The zero-order valence-electron chi connectivity index (χ0n) is 12.7. The number of aliphatic carboxylic acids is 1. The minimum atomic E-state index is -1.02. The molecule has 22 heavy (non-hydrogen) atoms. The van der Waals surface area contributed by atoms with Crippen molar-refractivity contribution in [2.24, 2.45) is 0 Å². The third-order valence-electron chi connectivity index (χ3n) is 3.48. The van der Waals surface area contributed by atoms with Gasteiger partial charge in [-0.15, -0.1) is 11.3 Å². The van der Waals surface area contributed by atoms with Crippen LogP contribution in [0.15, 0.2) is 29.6 Å². The number of carbonyl (C=O) groups is 2. The van der Waals surface area contributed by atoms with Crippen molar-refractivity contribution >= 4 is 23.2 Å². The molecule has 1 atom stereocenters. The van der Waals surface area contributed by atoms with Gasteiger partial charge in [-0.1, -0.05) is 23.8 Å². The third kappa shape index (κ3) is 3.71. The Morgan fingerprint density at radius 2 is 2.14 bits per heavy atom. The summed E-state index contributed by atoms with van der Waals surface area (Å²) in [7, 11) is 1.49. The van der Waals surface area contributed by atoms with Gasteiger partial charge in [-0.3, -0.25) is 4.79 Å². The van der Waals surface area contributed by atoms with Gasteiger partial charge in [0.15, 0.2) is 0 Å². The van der Waals surface area contributed by atoms with E-state index in [-0.39, 0.29) is 12.3 Å². The topological polar surface area (TPSA) is 70.5 Å². The smallest absolute Gasteiger partial charge is 0.326 e. The second-order valence-corrected chi connectivity index (χ2v) is 6.07. The van der Waals surface area contributed by atoms with E-state index in [9.17, 15) is 9.59 Å². The fourth-order valence-corrected chi connectivity index (χ4v) is 2.78. The van der Waals surface area contributed by atoms with Crippen LogP contribution in [0.5, 0.6) is 0 Å². The summed E-state index contributed by atoms with van der Waals surface area (Å²) in [5.41, 5.74) is 2.84. The minimum Gasteiger partial charge on any atom is -0.480 e. The summed E-state index contributed by atoms with van der Waals surface area (Å²) in [5, 5.41) is 11.6. The summed E-state index contributed by atoms with van der Waals surface area (Å²) in [6.45, 7) is 3.50. The lowest BCUT2D eigenvalue weighted by atomic mass is 10.1. The van der Waals surface area contributed by atoms with Crippen molar-refractivity contribution in [1.82, 2.24) is 9.88 Å². The molecule has 1 N–H and O–H groups in total. The molecule has 2 aromatic rings. The predicted octanol–water partition coefficient (Wildman–Crippen LogP) is 2.59. The van der Waals surface area contributed by atoms with Crippen LogP contribution in [-0.2, 0) is 16.0 Å². The zero-order valence-corrected chi connectivity index (χ0v) is 13.6. The zero-order chi connectivity index (χ0) is 16.3. The van der Waals surface area contributed by atoms with Crippen molar-refractivity contribution in [2.75, 3.05) is 7.05 Å². The fourth-order valence-electron chi connectivity index (χ4n) is 1.96. The lowest BCUT2D eigenvalue weighted by Gasteiger charge is -2.20. The van der Waals surface area contributed by atoms with Crippen LogP contribution < -0.4 is 0 Å². The molecule has 2 rings (SSSR count). The first-order valence-corrected chi connectivity index (χ1v) is 7.76. The molecule has 0 aliphatic rings. The molecule has 0 spiro atoms. The molecular formula is C16H18N2O3S. The second-order valence-electron chi connectivity index (χ2n) is 5.21. The first-order valence-electron chi connectivity index (χ1n) is 6.88. The van der Waals surface area contributed by atoms with E-state index in [0.717, 1.165) is 16.1 Å². The van der Waals surface area contributed by atoms with Gasteiger partial charge in [-0.2, -0.15) is 0 Å². The Hall–Kier alpha value is -2.21. The number of carboxylic acid groups (broad SMARTS) is 1. The maximum absolute atomic E-state index is 12.1. The molecule has 0 fully saturated rings. The fraction of sp³-hybridized carbons (Fsp3) is 0.312. The normalized spacial score (nSPS) is 12.0. The monoisotopic (exact) mass is 318 g/mol. The van der Waals surface area contributed by atoms with Crippen LogP contribution in [-0.4, -0.2) is 40.0 Å². The molecule has 0 bridgehead atoms. The number of carbonyl (C=O) groups excluding carboxylic acids is 1. The minimum absolute atomic E-state index is 0.108. The van der Waals surface area contributed by atoms with E-state index in [2.05, 4.69) is 4.98 Å². The van der Waals surface area contributed by atoms with E-state index in [1.165, 1.54) is 30.2 Å². The van der Waals surface area contributed by atoms with Gasteiger partial charge >= 0.3 is 5.97 Å². The highest BCUT2D eigenvalue weighted by atomic mass is 32.1. The molecule has 0 radical (unpaired) electrons. The van der Waals surface area contributed by atoms with E-state index in [1.807, 2.05) is 36.6 Å². The van der Waals surface area contributed by atoms with Crippen LogP contribution in [0.2, 0.25) is 0 Å². The first-order chi connectivity index (χ1) is 10.4. The molecule has 1 amide bonds. The first kappa shape index (κ1) is 16.2. The lowest BCUT2D eigenvalue weighted by Crippen LogP contribution is -2.41. The SMILES string of the molecule is Cc1cccc(-c2nc(CC(=O)N(C)C(C)C(=O)O)cs2)c1. The van der Waals surface area contributed by atoms with Gasteiger partial charge in [0.2, 0.25) is 5.91 Å². The Kier molecular flexibility index (Phi) is 4.92. The molecule has 0 aliphatic heterocycles. The molecule has 0 saturated carbocycles. The quantitative estimate of drug-likeness (QED) is 0.920. The number of benzene rings is 1. The van der Waals surface area contributed by atoms with E-state index >= 15 is 0 Å². The highest BCUT2D eigenvalue weighted by molar-refractivity contribution is 7.13. The van der Waals surface area contributed by atoms with Gasteiger partial charge in [0, 0.05) is 18.0 Å². The number of carboxylic acids is 1. The van der Waals surface area contributed by atoms with Crippen molar-refractivity contribution in [3.63, 3.8) is 0 Å². The predicted molar refractivity (Wildman–Crippen MR) is 85.9 cm³/mol. The average Bonchev–Trinajstić information content (AvgIpc) is 2.94. The van der Waals surface area contributed by atoms with Crippen LogP contribution in [0.25, 0.3) is 10.6 Å². The number of rotatable bonds is 5. The number of aryl methyl sites for hydroxylation is 1. The number of hydrogen-bond acceptors (Lipinski definition) is 4. The van der Waals surface area contributed by atoms with Gasteiger partial charge in [0.1, 0.15) is 11.0 Å². The molecule has 1 aromatic heterocycles. The Bertz CT molecular complexity index is 696. The maximum atomic E-state index is 12.1. The van der Waals surface area contributed by atoms with Crippen LogP contribution in [0.1, 0.15) is 18.2 Å². The summed E-state index contributed by atoms with van der Waals surface area (Å²) >= 11 is 1.48. The van der Waals surface area contributed by atoms with Gasteiger partial charge in [-0.25, -0.2) is 9.78 Å². The molecular weight excluding hydrogens is 300 g/mol. The number of aromatic nitrogens is 1. The number of hydrogen-bond donors (Lipinski definition) is 1. The largest absolute Gasteiger partial charge is 0.480 e. The molecule has 116 valence electrons. The molecule has 6 heteroatoms. The summed E-state index contributed by atoms with van der Waals surface area (Å²) in [6.07, 6.45) is 0.108.